The minimum absolute atomic E-state index is 0.319. The normalized spacial score (nSPS) is 10.8. The van der Waals surface area contributed by atoms with Gasteiger partial charge in [0, 0.05) is 17.7 Å². The molecule has 146 valence electrons. The molecule has 3 aromatic rings. The first-order valence-corrected chi connectivity index (χ1v) is 9.31. The maximum atomic E-state index is 11.5. The highest BCUT2D eigenvalue weighted by Gasteiger charge is 2.13. The third kappa shape index (κ3) is 4.58. The minimum atomic E-state index is -1.09. The first kappa shape index (κ1) is 20.0. The summed E-state index contributed by atoms with van der Waals surface area (Å²) >= 11 is 11.1. The highest BCUT2D eigenvalue weighted by molar-refractivity contribution is 6.53. The monoisotopic (exact) mass is 419 g/mol. The molecule has 3 rings (SSSR count). The van der Waals surface area contributed by atoms with Crippen molar-refractivity contribution in [2.24, 2.45) is 0 Å². The Morgan fingerprint density at radius 1 is 1.18 bits per heavy atom. The van der Waals surface area contributed by atoms with Crippen LogP contribution < -0.4 is 14.8 Å². The fourth-order valence-electron chi connectivity index (χ4n) is 2.72. The molecule has 0 aliphatic rings. The number of carbonyl (C=O) groups is 1. The second-order valence-corrected chi connectivity index (χ2v) is 7.03. The standard InChI is InChI=1S/C20H19Cl2N3O3/c1-27-14-6-7-17(28-2)15(9-14)16-11-23-19(25-16)13-5-3-4-12(8-13)10-24-20(26)18(21)22/h3-9,11,18H,10H2,1-2H3,(H,23,25)(H,24,26). The van der Waals surface area contributed by atoms with Crippen LogP contribution in [0.3, 0.4) is 0 Å². The van der Waals surface area contributed by atoms with E-state index in [2.05, 4.69) is 15.3 Å². The number of alkyl halides is 2. The molecule has 0 saturated heterocycles. The van der Waals surface area contributed by atoms with Crippen LogP contribution in [0.1, 0.15) is 5.56 Å². The number of benzene rings is 2. The van der Waals surface area contributed by atoms with Crippen molar-refractivity contribution in [2.45, 2.75) is 11.4 Å². The number of rotatable bonds is 7. The van der Waals surface area contributed by atoms with Crippen LogP contribution in [-0.2, 0) is 11.3 Å². The van der Waals surface area contributed by atoms with Crippen LogP contribution in [0.15, 0.2) is 48.7 Å². The molecule has 1 amide bonds. The van der Waals surface area contributed by atoms with Crippen molar-refractivity contribution in [2.75, 3.05) is 14.2 Å². The Kier molecular flexibility index (Phi) is 6.44. The van der Waals surface area contributed by atoms with Gasteiger partial charge in [-0.2, -0.15) is 0 Å². The number of ether oxygens (including phenoxy) is 2. The average molecular weight is 420 g/mol. The van der Waals surface area contributed by atoms with E-state index in [0.717, 1.165) is 28.1 Å². The zero-order valence-electron chi connectivity index (χ0n) is 15.3. The first-order valence-electron chi connectivity index (χ1n) is 8.44. The van der Waals surface area contributed by atoms with Crippen LogP contribution in [-0.4, -0.2) is 34.9 Å². The van der Waals surface area contributed by atoms with Gasteiger partial charge in [0.15, 0.2) is 4.84 Å². The lowest BCUT2D eigenvalue weighted by Gasteiger charge is -2.09. The maximum Gasteiger partial charge on any atom is 0.253 e. The number of nitrogens with zero attached hydrogens (tertiary/aromatic N) is 1. The van der Waals surface area contributed by atoms with Gasteiger partial charge < -0.3 is 19.8 Å². The molecule has 2 N–H and O–H groups in total. The van der Waals surface area contributed by atoms with Crippen molar-refractivity contribution in [3.8, 4) is 34.1 Å². The number of hydrogen-bond donors (Lipinski definition) is 2. The van der Waals surface area contributed by atoms with Crippen molar-refractivity contribution < 1.29 is 14.3 Å². The molecule has 1 aromatic heterocycles. The molecule has 0 aliphatic heterocycles. The molecule has 28 heavy (non-hydrogen) atoms. The molecular weight excluding hydrogens is 401 g/mol. The number of aromatic amines is 1. The predicted molar refractivity (Wildman–Crippen MR) is 110 cm³/mol. The van der Waals surface area contributed by atoms with Crippen molar-refractivity contribution >= 4 is 29.1 Å². The molecule has 0 bridgehead atoms. The lowest BCUT2D eigenvalue weighted by Crippen LogP contribution is -2.27. The third-order valence-corrected chi connectivity index (χ3v) is 4.53. The molecule has 0 atom stereocenters. The van der Waals surface area contributed by atoms with E-state index < -0.39 is 10.7 Å². The molecule has 0 unspecified atom stereocenters. The number of hydrogen-bond acceptors (Lipinski definition) is 4. The van der Waals surface area contributed by atoms with Gasteiger partial charge in [-0.15, -0.1) is 0 Å². The van der Waals surface area contributed by atoms with E-state index in [0.29, 0.717) is 18.1 Å². The van der Waals surface area contributed by atoms with Gasteiger partial charge in [0.25, 0.3) is 5.91 Å². The van der Waals surface area contributed by atoms with Crippen molar-refractivity contribution in [3.05, 3.63) is 54.2 Å². The van der Waals surface area contributed by atoms with E-state index in [1.54, 1.807) is 20.4 Å². The number of amides is 1. The smallest absolute Gasteiger partial charge is 0.253 e. The van der Waals surface area contributed by atoms with Crippen molar-refractivity contribution in [3.63, 3.8) is 0 Å². The summed E-state index contributed by atoms with van der Waals surface area (Å²) in [4.78, 5) is 18.2. The molecule has 1 heterocycles. The van der Waals surface area contributed by atoms with E-state index in [1.807, 2.05) is 42.5 Å². The lowest BCUT2D eigenvalue weighted by molar-refractivity contribution is -0.119. The van der Waals surface area contributed by atoms with Gasteiger partial charge in [-0.05, 0) is 29.8 Å². The molecule has 2 aromatic carbocycles. The first-order chi connectivity index (χ1) is 13.5. The fourth-order valence-corrected chi connectivity index (χ4v) is 2.88. The van der Waals surface area contributed by atoms with E-state index in [4.69, 9.17) is 32.7 Å². The van der Waals surface area contributed by atoms with Gasteiger partial charge in [-0.3, -0.25) is 4.79 Å². The predicted octanol–water partition coefficient (Wildman–Crippen LogP) is 4.18. The Bertz CT molecular complexity index is 973. The number of imidazole rings is 1. The Hall–Kier alpha value is -2.70. The third-order valence-electron chi connectivity index (χ3n) is 4.14. The number of halogens is 2. The van der Waals surface area contributed by atoms with Gasteiger partial charge in [0.1, 0.15) is 17.3 Å². The zero-order chi connectivity index (χ0) is 20.1. The van der Waals surface area contributed by atoms with E-state index in [9.17, 15) is 4.79 Å². The summed E-state index contributed by atoms with van der Waals surface area (Å²) in [5, 5.41) is 2.67. The Morgan fingerprint density at radius 2 is 2.00 bits per heavy atom. The van der Waals surface area contributed by atoms with E-state index in [1.165, 1.54) is 0 Å². The van der Waals surface area contributed by atoms with Crippen molar-refractivity contribution in [1.29, 1.82) is 0 Å². The number of H-pyrrole nitrogens is 1. The summed E-state index contributed by atoms with van der Waals surface area (Å²) in [6.45, 7) is 0.319. The summed E-state index contributed by atoms with van der Waals surface area (Å²) in [5.74, 6) is 1.70. The van der Waals surface area contributed by atoms with Gasteiger partial charge in [-0.25, -0.2) is 4.98 Å². The molecule has 0 aliphatic carbocycles. The number of nitrogens with one attached hydrogen (secondary N) is 2. The second-order valence-electron chi connectivity index (χ2n) is 5.93. The maximum absolute atomic E-state index is 11.5. The van der Waals surface area contributed by atoms with Crippen LogP contribution in [0, 0.1) is 0 Å². The summed E-state index contributed by atoms with van der Waals surface area (Å²) in [5.41, 5.74) is 3.43. The fraction of sp³-hybridized carbons (Fsp3) is 0.200. The summed E-state index contributed by atoms with van der Waals surface area (Å²) < 4.78 is 10.7. The lowest BCUT2D eigenvalue weighted by atomic mass is 10.1. The molecule has 0 saturated carbocycles. The van der Waals surface area contributed by atoms with Crippen LogP contribution >= 0.6 is 23.2 Å². The van der Waals surface area contributed by atoms with Crippen molar-refractivity contribution in [1.82, 2.24) is 15.3 Å². The minimum Gasteiger partial charge on any atom is -0.497 e. The summed E-state index contributed by atoms with van der Waals surface area (Å²) in [6.07, 6.45) is 1.74. The summed E-state index contributed by atoms with van der Waals surface area (Å²) in [6, 6.07) is 13.2. The molecule has 0 spiro atoms. The van der Waals surface area contributed by atoms with Crippen LogP contribution in [0.2, 0.25) is 0 Å². The second kappa shape index (κ2) is 8.99. The number of methoxy groups -OCH3 is 2. The quantitative estimate of drug-likeness (QED) is 0.563. The summed E-state index contributed by atoms with van der Waals surface area (Å²) in [7, 11) is 3.23. The highest BCUT2D eigenvalue weighted by atomic mass is 35.5. The van der Waals surface area contributed by atoms with E-state index >= 15 is 0 Å². The number of carbonyl (C=O) groups excluding carboxylic acids is 1. The largest absolute Gasteiger partial charge is 0.497 e. The highest BCUT2D eigenvalue weighted by Crippen LogP contribution is 2.33. The van der Waals surface area contributed by atoms with Crippen LogP contribution in [0.25, 0.3) is 22.6 Å². The van der Waals surface area contributed by atoms with Gasteiger partial charge in [0.05, 0.1) is 26.1 Å². The Morgan fingerprint density at radius 3 is 2.71 bits per heavy atom. The molecule has 6 nitrogen and oxygen atoms in total. The SMILES string of the molecule is COc1ccc(OC)c(-c2cnc(-c3cccc(CNC(=O)C(Cl)Cl)c3)[nH]2)c1. The van der Waals surface area contributed by atoms with Gasteiger partial charge in [0.2, 0.25) is 0 Å². The average Bonchev–Trinajstić information content (AvgIpc) is 3.21. The molecule has 8 heteroatoms. The number of aromatic nitrogens is 2. The van der Waals surface area contributed by atoms with E-state index in [-0.39, 0.29) is 0 Å². The topological polar surface area (TPSA) is 76.2 Å². The Balaban J connectivity index is 1.85. The van der Waals surface area contributed by atoms with Gasteiger partial charge in [-0.1, -0.05) is 41.4 Å². The molecular formula is C20H19Cl2N3O3. The zero-order valence-corrected chi connectivity index (χ0v) is 16.8. The van der Waals surface area contributed by atoms with Gasteiger partial charge >= 0.3 is 0 Å². The Labute approximate surface area is 172 Å². The molecule has 0 fully saturated rings. The van der Waals surface area contributed by atoms with Crippen LogP contribution in [0.5, 0.6) is 11.5 Å². The molecule has 0 radical (unpaired) electrons. The van der Waals surface area contributed by atoms with Crippen LogP contribution in [0.4, 0.5) is 0 Å².